The molecule has 0 aliphatic carbocycles. The minimum absolute atomic E-state index is 0.213. The van der Waals surface area contributed by atoms with Gasteiger partial charge in [-0.15, -0.1) is 0 Å². The molecule has 5 heteroatoms. The van der Waals surface area contributed by atoms with Crippen molar-refractivity contribution in [3.63, 3.8) is 0 Å². The standard InChI is InChI=1S/C22H24O5/c1-14-8-15(2)22(16(3)9-14)20(23)13-27-21(24)7-6-17-10-18(25-4)12-19(11-17)26-5/h6-12H,13H2,1-5H3/b7-6+. The third-order valence-corrected chi connectivity index (χ3v) is 4.09. The Morgan fingerprint density at radius 1 is 0.889 bits per heavy atom. The summed E-state index contributed by atoms with van der Waals surface area (Å²) in [6, 6.07) is 9.14. The summed E-state index contributed by atoms with van der Waals surface area (Å²) in [5.74, 6) is 0.424. The van der Waals surface area contributed by atoms with E-state index in [1.807, 2.05) is 32.9 Å². The number of rotatable bonds is 7. The molecule has 0 aliphatic heterocycles. The van der Waals surface area contributed by atoms with Gasteiger partial charge in [0.05, 0.1) is 14.2 Å². The van der Waals surface area contributed by atoms with Gasteiger partial charge in [-0.25, -0.2) is 4.79 Å². The van der Waals surface area contributed by atoms with Gasteiger partial charge in [0, 0.05) is 17.7 Å². The molecule has 0 aliphatic rings. The van der Waals surface area contributed by atoms with Crippen molar-refractivity contribution in [1.82, 2.24) is 0 Å². The second-order valence-corrected chi connectivity index (χ2v) is 6.28. The molecule has 0 spiro atoms. The van der Waals surface area contributed by atoms with Crippen LogP contribution in [0.2, 0.25) is 0 Å². The monoisotopic (exact) mass is 368 g/mol. The summed E-state index contributed by atoms with van der Waals surface area (Å²) < 4.78 is 15.5. The van der Waals surface area contributed by atoms with E-state index in [4.69, 9.17) is 14.2 Å². The van der Waals surface area contributed by atoms with Gasteiger partial charge in [0.1, 0.15) is 11.5 Å². The first-order valence-electron chi connectivity index (χ1n) is 8.53. The van der Waals surface area contributed by atoms with Crippen LogP contribution in [0.5, 0.6) is 11.5 Å². The molecular formula is C22H24O5. The van der Waals surface area contributed by atoms with Crippen molar-refractivity contribution in [3.05, 3.63) is 64.2 Å². The van der Waals surface area contributed by atoms with Gasteiger partial charge in [0.25, 0.3) is 0 Å². The Bertz CT molecular complexity index is 835. The van der Waals surface area contributed by atoms with Crippen LogP contribution in [-0.4, -0.2) is 32.6 Å². The van der Waals surface area contributed by atoms with Crippen molar-refractivity contribution in [3.8, 4) is 11.5 Å². The lowest BCUT2D eigenvalue weighted by Crippen LogP contribution is -2.15. The zero-order chi connectivity index (χ0) is 20.0. The van der Waals surface area contributed by atoms with E-state index in [2.05, 4.69) is 0 Å². The van der Waals surface area contributed by atoms with E-state index < -0.39 is 5.97 Å². The Labute approximate surface area is 159 Å². The van der Waals surface area contributed by atoms with Crippen LogP contribution >= 0.6 is 0 Å². The second-order valence-electron chi connectivity index (χ2n) is 6.28. The molecule has 2 aromatic carbocycles. The van der Waals surface area contributed by atoms with Gasteiger partial charge in [-0.1, -0.05) is 17.7 Å². The van der Waals surface area contributed by atoms with Crippen molar-refractivity contribution in [2.75, 3.05) is 20.8 Å². The highest BCUT2D eigenvalue weighted by molar-refractivity contribution is 6.01. The van der Waals surface area contributed by atoms with E-state index in [0.717, 1.165) is 22.3 Å². The number of methoxy groups -OCH3 is 2. The van der Waals surface area contributed by atoms with E-state index in [1.54, 1.807) is 38.5 Å². The summed E-state index contributed by atoms with van der Waals surface area (Å²) in [7, 11) is 3.11. The SMILES string of the molecule is COc1cc(/C=C/C(=O)OCC(=O)c2c(C)cc(C)cc2C)cc(OC)c1. The molecule has 0 aromatic heterocycles. The molecule has 27 heavy (non-hydrogen) atoms. The number of ether oxygens (including phenoxy) is 3. The fraction of sp³-hybridized carbons (Fsp3) is 0.273. The quantitative estimate of drug-likeness (QED) is 0.419. The topological polar surface area (TPSA) is 61.8 Å². The third kappa shape index (κ3) is 5.45. The third-order valence-electron chi connectivity index (χ3n) is 4.09. The van der Waals surface area contributed by atoms with Gasteiger partial charge in [-0.05, 0) is 55.7 Å². The maximum atomic E-state index is 12.4. The van der Waals surface area contributed by atoms with E-state index >= 15 is 0 Å². The lowest BCUT2D eigenvalue weighted by Gasteiger charge is -2.10. The molecule has 142 valence electrons. The molecular weight excluding hydrogens is 344 g/mol. The van der Waals surface area contributed by atoms with Crippen molar-refractivity contribution >= 4 is 17.8 Å². The summed E-state index contributed by atoms with van der Waals surface area (Å²) >= 11 is 0. The summed E-state index contributed by atoms with van der Waals surface area (Å²) in [6.07, 6.45) is 2.86. The highest BCUT2D eigenvalue weighted by Gasteiger charge is 2.14. The normalized spacial score (nSPS) is 10.7. The van der Waals surface area contributed by atoms with Crippen LogP contribution < -0.4 is 9.47 Å². The molecule has 0 fully saturated rings. The number of ketones is 1. The predicted octanol–water partition coefficient (Wildman–Crippen LogP) is 4.07. The number of benzene rings is 2. The molecule has 0 N–H and O–H groups in total. The number of carbonyl (C=O) groups is 2. The molecule has 0 atom stereocenters. The van der Waals surface area contributed by atoms with Gasteiger partial charge in [-0.2, -0.15) is 0 Å². The Morgan fingerprint density at radius 2 is 1.44 bits per heavy atom. The van der Waals surface area contributed by atoms with Gasteiger partial charge in [-0.3, -0.25) is 4.79 Å². The Hall–Kier alpha value is -3.08. The average molecular weight is 368 g/mol. The molecule has 0 saturated heterocycles. The maximum Gasteiger partial charge on any atom is 0.331 e. The van der Waals surface area contributed by atoms with Crippen LogP contribution in [0.3, 0.4) is 0 Å². The molecule has 5 nitrogen and oxygen atoms in total. The highest BCUT2D eigenvalue weighted by Crippen LogP contribution is 2.23. The van der Waals surface area contributed by atoms with Crippen molar-refractivity contribution in [1.29, 1.82) is 0 Å². The predicted molar refractivity (Wildman–Crippen MR) is 105 cm³/mol. The first-order chi connectivity index (χ1) is 12.8. The molecule has 0 radical (unpaired) electrons. The fourth-order valence-corrected chi connectivity index (χ4v) is 2.97. The number of Topliss-reactive ketones (excluding diaryl/α,β-unsaturated/α-hetero) is 1. The van der Waals surface area contributed by atoms with Gasteiger partial charge in [0.2, 0.25) is 5.78 Å². The summed E-state index contributed by atoms with van der Waals surface area (Å²) in [6.45, 7) is 5.44. The number of carbonyl (C=O) groups excluding carboxylic acids is 2. The number of hydrogen-bond acceptors (Lipinski definition) is 5. The van der Waals surface area contributed by atoms with Crippen LogP contribution in [-0.2, 0) is 9.53 Å². The summed E-state index contributed by atoms with van der Waals surface area (Å²) in [5.41, 5.74) is 4.19. The zero-order valence-corrected chi connectivity index (χ0v) is 16.3. The van der Waals surface area contributed by atoms with Crippen LogP contribution in [0.15, 0.2) is 36.4 Å². The fourth-order valence-electron chi connectivity index (χ4n) is 2.97. The minimum atomic E-state index is -0.590. The maximum absolute atomic E-state index is 12.4. The summed E-state index contributed by atoms with van der Waals surface area (Å²) in [4.78, 5) is 24.4. The smallest absolute Gasteiger partial charge is 0.331 e. The number of aryl methyl sites for hydroxylation is 3. The molecule has 0 heterocycles. The molecule has 0 bridgehead atoms. The number of hydrogen-bond donors (Lipinski definition) is 0. The van der Waals surface area contributed by atoms with Gasteiger partial charge in [0.15, 0.2) is 6.61 Å². The van der Waals surface area contributed by atoms with Crippen LogP contribution in [0.4, 0.5) is 0 Å². The van der Waals surface area contributed by atoms with Crippen LogP contribution in [0.25, 0.3) is 6.08 Å². The second kappa shape index (κ2) is 9.03. The van der Waals surface area contributed by atoms with Crippen molar-refractivity contribution in [2.45, 2.75) is 20.8 Å². The molecule has 2 aromatic rings. The van der Waals surface area contributed by atoms with Crippen molar-refractivity contribution in [2.24, 2.45) is 0 Å². The van der Waals surface area contributed by atoms with Gasteiger partial charge < -0.3 is 14.2 Å². The molecule has 2 rings (SSSR count). The molecule has 0 unspecified atom stereocenters. The minimum Gasteiger partial charge on any atom is -0.497 e. The lowest BCUT2D eigenvalue weighted by molar-refractivity contribution is -0.136. The van der Waals surface area contributed by atoms with E-state index in [-0.39, 0.29) is 12.4 Å². The van der Waals surface area contributed by atoms with E-state index in [9.17, 15) is 9.59 Å². The average Bonchev–Trinajstić information content (AvgIpc) is 2.63. The van der Waals surface area contributed by atoms with E-state index in [0.29, 0.717) is 17.1 Å². The zero-order valence-electron chi connectivity index (χ0n) is 16.3. The molecule has 0 amide bonds. The largest absolute Gasteiger partial charge is 0.497 e. The number of esters is 1. The Morgan fingerprint density at radius 3 is 1.96 bits per heavy atom. The van der Waals surface area contributed by atoms with Crippen LogP contribution in [0.1, 0.15) is 32.6 Å². The van der Waals surface area contributed by atoms with E-state index in [1.165, 1.54) is 6.08 Å². The van der Waals surface area contributed by atoms with Gasteiger partial charge >= 0.3 is 5.97 Å². The first kappa shape index (κ1) is 20.2. The summed E-state index contributed by atoms with van der Waals surface area (Å²) in [5, 5.41) is 0. The van der Waals surface area contributed by atoms with Crippen LogP contribution in [0, 0.1) is 20.8 Å². The Balaban J connectivity index is 2.02. The highest BCUT2D eigenvalue weighted by atomic mass is 16.5. The van der Waals surface area contributed by atoms with Crippen molar-refractivity contribution < 1.29 is 23.8 Å². The lowest BCUT2D eigenvalue weighted by atomic mass is 9.97. The molecule has 0 saturated carbocycles. The first-order valence-corrected chi connectivity index (χ1v) is 8.53. The Kier molecular flexibility index (Phi) is 6.77.